The number of aromatic amines is 1. The van der Waals surface area contributed by atoms with E-state index < -0.39 is 0 Å². The Morgan fingerprint density at radius 2 is 2.14 bits per heavy atom. The molecule has 0 amide bonds. The summed E-state index contributed by atoms with van der Waals surface area (Å²) in [7, 11) is 4.33. The second-order valence-corrected chi connectivity index (χ2v) is 6.39. The van der Waals surface area contributed by atoms with Crippen molar-refractivity contribution in [1.82, 2.24) is 24.6 Å². The molecule has 3 rings (SSSR count). The number of aromatic nitrogens is 4. The third kappa shape index (κ3) is 2.65. The molecule has 0 bridgehead atoms. The molecule has 112 valence electrons. The molecule has 5 nitrogen and oxygen atoms in total. The zero-order chi connectivity index (χ0) is 14.9. The second kappa shape index (κ2) is 5.69. The number of nitrogens with zero attached hydrogens (tertiary/aromatic N) is 4. The van der Waals surface area contributed by atoms with Crippen LogP contribution >= 0.6 is 12.2 Å². The maximum absolute atomic E-state index is 5.45. The number of hydrogen-bond acceptors (Lipinski definition) is 4. The van der Waals surface area contributed by atoms with Crippen LogP contribution in [-0.2, 0) is 6.54 Å². The van der Waals surface area contributed by atoms with Crippen LogP contribution < -0.4 is 0 Å². The van der Waals surface area contributed by atoms with Crippen LogP contribution in [0.1, 0.15) is 25.7 Å². The standard InChI is InChI=1S/C15H21N5S/c1-19(2)15(7-3-4-8-15)11-20-13(17-18-14(20)21)12-6-5-9-16-10-12/h5-6,9-10H,3-4,7-8,11H2,1-2H3,(H,18,21). The molecule has 0 saturated heterocycles. The van der Waals surface area contributed by atoms with E-state index in [2.05, 4.69) is 38.7 Å². The highest BCUT2D eigenvalue weighted by Gasteiger charge is 2.37. The fraction of sp³-hybridized carbons (Fsp3) is 0.533. The Morgan fingerprint density at radius 3 is 2.76 bits per heavy atom. The van der Waals surface area contributed by atoms with Crippen LogP contribution in [0.5, 0.6) is 0 Å². The number of likely N-dealkylation sites (N-methyl/N-ethyl adjacent to an activating group) is 1. The lowest BCUT2D eigenvalue weighted by Gasteiger charge is -2.36. The Hall–Kier alpha value is -1.53. The van der Waals surface area contributed by atoms with Gasteiger partial charge in [0.05, 0.1) is 0 Å². The van der Waals surface area contributed by atoms with Gasteiger partial charge in [0, 0.05) is 30.0 Å². The molecule has 1 saturated carbocycles. The summed E-state index contributed by atoms with van der Waals surface area (Å²) in [5.74, 6) is 0.876. The molecule has 0 unspecified atom stereocenters. The summed E-state index contributed by atoms with van der Waals surface area (Å²) < 4.78 is 2.81. The first kappa shape index (κ1) is 14.4. The van der Waals surface area contributed by atoms with Gasteiger partial charge in [-0.15, -0.1) is 0 Å². The molecule has 21 heavy (non-hydrogen) atoms. The van der Waals surface area contributed by atoms with Crippen LogP contribution in [0.4, 0.5) is 0 Å². The topological polar surface area (TPSA) is 49.7 Å². The van der Waals surface area contributed by atoms with E-state index in [9.17, 15) is 0 Å². The van der Waals surface area contributed by atoms with E-state index in [0.29, 0.717) is 4.77 Å². The number of nitrogens with one attached hydrogen (secondary N) is 1. The van der Waals surface area contributed by atoms with E-state index in [1.165, 1.54) is 25.7 Å². The predicted molar refractivity (Wildman–Crippen MR) is 85.5 cm³/mol. The Bertz CT molecular complexity index is 652. The monoisotopic (exact) mass is 303 g/mol. The van der Waals surface area contributed by atoms with Gasteiger partial charge in [0.1, 0.15) is 0 Å². The summed E-state index contributed by atoms with van der Waals surface area (Å²) in [6.07, 6.45) is 8.59. The van der Waals surface area contributed by atoms with Gasteiger partial charge in [-0.05, 0) is 51.3 Å². The van der Waals surface area contributed by atoms with Gasteiger partial charge in [-0.3, -0.25) is 14.6 Å². The summed E-state index contributed by atoms with van der Waals surface area (Å²) in [6, 6.07) is 3.94. The summed E-state index contributed by atoms with van der Waals surface area (Å²) in [5.41, 5.74) is 1.18. The van der Waals surface area contributed by atoms with Crippen LogP contribution in [0.15, 0.2) is 24.5 Å². The van der Waals surface area contributed by atoms with Gasteiger partial charge in [-0.1, -0.05) is 12.8 Å². The molecule has 1 N–H and O–H groups in total. The minimum atomic E-state index is 0.180. The average Bonchev–Trinajstić information content (AvgIpc) is 3.10. The SMILES string of the molecule is CN(C)C1(Cn2c(-c3cccnc3)n[nH]c2=S)CCCC1. The normalized spacial score (nSPS) is 17.5. The minimum absolute atomic E-state index is 0.180. The van der Waals surface area contributed by atoms with Crippen molar-refractivity contribution in [2.45, 2.75) is 37.8 Å². The first-order valence-corrected chi connectivity index (χ1v) is 7.76. The van der Waals surface area contributed by atoms with Crippen molar-refractivity contribution in [1.29, 1.82) is 0 Å². The van der Waals surface area contributed by atoms with Crippen molar-refractivity contribution in [2.75, 3.05) is 14.1 Å². The van der Waals surface area contributed by atoms with Gasteiger partial charge >= 0.3 is 0 Å². The molecule has 0 aliphatic heterocycles. The van der Waals surface area contributed by atoms with Crippen molar-refractivity contribution in [3.8, 4) is 11.4 Å². The zero-order valence-corrected chi connectivity index (χ0v) is 13.4. The Balaban J connectivity index is 2.00. The Labute approximate surface area is 130 Å². The molecule has 2 aromatic rings. The molecule has 1 aliphatic rings. The van der Waals surface area contributed by atoms with E-state index in [1.54, 1.807) is 6.20 Å². The first-order valence-electron chi connectivity index (χ1n) is 7.35. The minimum Gasteiger partial charge on any atom is -0.302 e. The lowest BCUT2D eigenvalue weighted by molar-refractivity contribution is 0.134. The van der Waals surface area contributed by atoms with Crippen molar-refractivity contribution in [3.63, 3.8) is 0 Å². The van der Waals surface area contributed by atoms with E-state index >= 15 is 0 Å². The molecule has 2 heterocycles. The smallest absolute Gasteiger partial charge is 0.195 e. The fourth-order valence-electron chi connectivity index (χ4n) is 3.25. The molecule has 0 spiro atoms. The summed E-state index contributed by atoms with van der Waals surface area (Å²) in [4.78, 5) is 6.53. The van der Waals surface area contributed by atoms with Gasteiger partial charge < -0.3 is 4.90 Å². The van der Waals surface area contributed by atoms with Gasteiger partial charge in [0.25, 0.3) is 0 Å². The summed E-state index contributed by atoms with van der Waals surface area (Å²) in [6.45, 7) is 0.875. The van der Waals surface area contributed by atoms with Crippen molar-refractivity contribution in [2.24, 2.45) is 0 Å². The van der Waals surface area contributed by atoms with Gasteiger partial charge in [0.2, 0.25) is 0 Å². The zero-order valence-electron chi connectivity index (χ0n) is 12.5. The molecule has 1 fully saturated rings. The number of H-pyrrole nitrogens is 1. The molecular formula is C15H21N5S. The van der Waals surface area contributed by atoms with Crippen LogP contribution in [0.2, 0.25) is 0 Å². The molecule has 0 atom stereocenters. The Kier molecular flexibility index (Phi) is 3.91. The van der Waals surface area contributed by atoms with E-state index in [4.69, 9.17) is 12.2 Å². The third-order valence-electron chi connectivity index (χ3n) is 4.61. The highest BCUT2D eigenvalue weighted by molar-refractivity contribution is 7.71. The second-order valence-electron chi connectivity index (χ2n) is 6.01. The van der Waals surface area contributed by atoms with Gasteiger partial charge in [-0.25, -0.2) is 0 Å². The van der Waals surface area contributed by atoms with Crippen molar-refractivity contribution in [3.05, 3.63) is 29.3 Å². The van der Waals surface area contributed by atoms with Crippen LogP contribution in [0.3, 0.4) is 0 Å². The maximum Gasteiger partial charge on any atom is 0.195 e. The molecule has 1 aliphatic carbocycles. The van der Waals surface area contributed by atoms with Crippen LogP contribution in [-0.4, -0.2) is 44.3 Å². The van der Waals surface area contributed by atoms with Crippen molar-refractivity contribution >= 4 is 12.2 Å². The average molecular weight is 303 g/mol. The highest BCUT2D eigenvalue weighted by Crippen LogP contribution is 2.36. The largest absolute Gasteiger partial charge is 0.302 e. The van der Waals surface area contributed by atoms with E-state index in [0.717, 1.165) is 17.9 Å². The summed E-state index contributed by atoms with van der Waals surface area (Å²) >= 11 is 5.45. The first-order chi connectivity index (χ1) is 10.1. The van der Waals surface area contributed by atoms with Gasteiger partial charge in [0.15, 0.2) is 10.6 Å². The Morgan fingerprint density at radius 1 is 1.38 bits per heavy atom. The van der Waals surface area contributed by atoms with E-state index in [-0.39, 0.29) is 5.54 Å². The molecule has 0 aromatic carbocycles. The fourth-order valence-corrected chi connectivity index (χ4v) is 3.45. The molecular weight excluding hydrogens is 282 g/mol. The lowest BCUT2D eigenvalue weighted by Crippen LogP contribution is -2.45. The molecule has 2 aromatic heterocycles. The number of hydrogen-bond donors (Lipinski definition) is 1. The quantitative estimate of drug-likeness (QED) is 0.882. The van der Waals surface area contributed by atoms with Crippen molar-refractivity contribution < 1.29 is 0 Å². The number of rotatable bonds is 4. The van der Waals surface area contributed by atoms with Gasteiger partial charge in [-0.2, -0.15) is 5.10 Å². The predicted octanol–water partition coefficient (Wildman–Crippen LogP) is 2.88. The molecule has 0 radical (unpaired) electrons. The van der Waals surface area contributed by atoms with Crippen LogP contribution in [0, 0.1) is 4.77 Å². The third-order valence-corrected chi connectivity index (χ3v) is 4.93. The highest BCUT2D eigenvalue weighted by atomic mass is 32.1. The lowest BCUT2D eigenvalue weighted by atomic mass is 9.96. The molecule has 6 heteroatoms. The maximum atomic E-state index is 5.45. The summed E-state index contributed by atoms with van der Waals surface area (Å²) in [5, 5.41) is 7.34. The van der Waals surface area contributed by atoms with E-state index in [1.807, 2.05) is 18.3 Å². The number of pyridine rings is 1. The van der Waals surface area contributed by atoms with Crippen LogP contribution in [0.25, 0.3) is 11.4 Å².